The second kappa shape index (κ2) is 7.34. The van der Waals surface area contributed by atoms with Crippen LogP contribution in [0.5, 0.6) is 0 Å². The Hall–Kier alpha value is -2.88. The van der Waals surface area contributed by atoms with Crippen LogP contribution in [0.2, 0.25) is 0 Å². The van der Waals surface area contributed by atoms with Crippen LogP contribution in [-0.4, -0.2) is 29.5 Å². The molecule has 0 bridgehead atoms. The third-order valence-electron chi connectivity index (χ3n) is 4.33. The molecule has 1 unspecified atom stereocenters. The van der Waals surface area contributed by atoms with Crippen LogP contribution in [0.3, 0.4) is 0 Å². The van der Waals surface area contributed by atoms with E-state index in [9.17, 15) is 9.59 Å². The second-order valence-electron chi connectivity index (χ2n) is 6.42. The van der Waals surface area contributed by atoms with Crippen LogP contribution in [-0.2, 0) is 9.53 Å². The minimum absolute atomic E-state index is 0.158. The van der Waals surface area contributed by atoms with Gasteiger partial charge in [0.25, 0.3) is 5.91 Å². The molecule has 1 atom stereocenters. The van der Waals surface area contributed by atoms with Crippen molar-refractivity contribution in [1.82, 2.24) is 4.90 Å². The van der Waals surface area contributed by atoms with Crippen LogP contribution < -0.4 is 0 Å². The van der Waals surface area contributed by atoms with Gasteiger partial charge in [0, 0.05) is 6.08 Å². The molecule has 4 heteroatoms. The van der Waals surface area contributed by atoms with Crippen LogP contribution in [0.25, 0.3) is 17.2 Å². The van der Waals surface area contributed by atoms with Crippen molar-refractivity contribution < 1.29 is 14.3 Å². The maximum Gasteiger partial charge on any atom is 0.417 e. The summed E-state index contributed by atoms with van der Waals surface area (Å²) in [5.41, 5.74) is 3.10. The van der Waals surface area contributed by atoms with Crippen molar-refractivity contribution in [2.75, 3.05) is 6.61 Å². The molecule has 1 aliphatic rings. The van der Waals surface area contributed by atoms with Gasteiger partial charge in [0.1, 0.15) is 6.61 Å². The summed E-state index contributed by atoms with van der Waals surface area (Å²) in [5.74, 6) is -0.184. The Morgan fingerprint density at radius 3 is 2.56 bits per heavy atom. The predicted octanol–water partition coefficient (Wildman–Crippen LogP) is 4.37. The quantitative estimate of drug-likeness (QED) is 0.780. The molecule has 2 aromatic rings. The van der Waals surface area contributed by atoms with Crippen LogP contribution in [0.1, 0.15) is 19.4 Å². The summed E-state index contributed by atoms with van der Waals surface area (Å²) in [4.78, 5) is 25.5. The lowest BCUT2D eigenvalue weighted by Gasteiger charge is -2.21. The third-order valence-corrected chi connectivity index (χ3v) is 4.33. The highest BCUT2D eigenvalue weighted by molar-refractivity contribution is 6.02. The van der Waals surface area contributed by atoms with Gasteiger partial charge in [-0.3, -0.25) is 4.79 Å². The monoisotopic (exact) mass is 335 g/mol. The number of carbonyl (C=O) groups excluding carboxylic acids is 2. The number of hydrogen-bond acceptors (Lipinski definition) is 3. The number of hydrogen-bond donors (Lipinski definition) is 0. The predicted molar refractivity (Wildman–Crippen MR) is 97.7 cm³/mol. The summed E-state index contributed by atoms with van der Waals surface area (Å²) >= 11 is 0. The highest BCUT2D eigenvalue weighted by atomic mass is 16.6. The summed E-state index contributed by atoms with van der Waals surface area (Å²) in [5, 5.41) is 0. The number of imide groups is 1. The lowest BCUT2D eigenvalue weighted by Crippen LogP contribution is -2.40. The van der Waals surface area contributed by atoms with Crippen LogP contribution in [0, 0.1) is 5.92 Å². The summed E-state index contributed by atoms with van der Waals surface area (Å²) in [7, 11) is 0. The lowest BCUT2D eigenvalue weighted by atomic mass is 10.0. The molecule has 25 heavy (non-hydrogen) atoms. The number of nitrogens with zero attached hydrogens (tertiary/aromatic N) is 1. The van der Waals surface area contributed by atoms with Crippen molar-refractivity contribution in [3.8, 4) is 11.1 Å². The van der Waals surface area contributed by atoms with Gasteiger partial charge in [0.05, 0.1) is 6.04 Å². The van der Waals surface area contributed by atoms with Crippen molar-refractivity contribution in [2.45, 2.75) is 19.9 Å². The first kappa shape index (κ1) is 17.0. The number of benzene rings is 2. The Balaban J connectivity index is 1.78. The number of amides is 2. The first-order valence-corrected chi connectivity index (χ1v) is 8.40. The molecular weight excluding hydrogens is 314 g/mol. The number of ether oxygens (including phenoxy) is 1. The average Bonchev–Trinajstić information content (AvgIpc) is 3.03. The molecule has 3 rings (SSSR count). The Labute approximate surface area is 147 Å². The van der Waals surface area contributed by atoms with Crippen molar-refractivity contribution in [3.05, 3.63) is 66.2 Å². The standard InChI is InChI=1S/C21H21NO3/c1-15(2)19-14-25-21(24)22(19)20(23)12-11-16-7-6-10-18(13-16)17-8-4-3-5-9-17/h3-13,15,19H,14H2,1-2H3/b12-11+. The van der Waals surface area contributed by atoms with E-state index in [1.54, 1.807) is 6.08 Å². The van der Waals surface area contributed by atoms with E-state index in [1.165, 1.54) is 11.0 Å². The normalized spacial score (nSPS) is 17.3. The summed E-state index contributed by atoms with van der Waals surface area (Å²) in [6.07, 6.45) is 2.61. The van der Waals surface area contributed by atoms with Crippen molar-refractivity contribution in [2.24, 2.45) is 5.92 Å². The SMILES string of the molecule is CC(C)C1COC(=O)N1C(=O)/C=C/c1cccc(-c2ccccc2)c1. The first-order chi connectivity index (χ1) is 12.1. The molecule has 0 spiro atoms. The van der Waals surface area contributed by atoms with Gasteiger partial charge in [-0.1, -0.05) is 62.4 Å². The van der Waals surface area contributed by atoms with Crippen LogP contribution >= 0.6 is 0 Å². The van der Waals surface area contributed by atoms with E-state index in [0.29, 0.717) is 0 Å². The van der Waals surface area contributed by atoms with Crippen molar-refractivity contribution >= 4 is 18.1 Å². The largest absolute Gasteiger partial charge is 0.447 e. The Morgan fingerprint density at radius 1 is 1.12 bits per heavy atom. The molecule has 0 radical (unpaired) electrons. The van der Waals surface area contributed by atoms with E-state index in [0.717, 1.165) is 16.7 Å². The molecule has 1 aliphatic heterocycles. The van der Waals surface area contributed by atoms with Gasteiger partial charge in [-0.05, 0) is 34.8 Å². The van der Waals surface area contributed by atoms with Gasteiger partial charge >= 0.3 is 6.09 Å². The summed E-state index contributed by atoms with van der Waals surface area (Å²) in [6.45, 7) is 4.21. The van der Waals surface area contributed by atoms with Gasteiger partial charge < -0.3 is 4.74 Å². The number of carbonyl (C=O) groups is 2. The maximum absolute atomic E-state index is 12.4. The Kier molecular flexibility index (Phi) is 4.98. The van der Waals surface area contributed by atoms with Gasteiger partial charge in [-0.15, -0.1) is 0 Å². The number of cyclic esters (lactones) is 1. The highest BCUT2D eigenvalue weighted by Gasteiger charge is 2.38. The molecule has 2 amide bonds. The van der Waals surface area contributed by atoms with E-state index in [2.05, 4.69) is 0 Å². The average molecular weight is 335 g/mol. The molecule has 4 nitrogen and oxygen atoms in total. The highest BCUT2D eigenvalue weighted by Crippen LogP contribution is 2.22. The van der Waals surface area contributed by atoms with E-state index in [4.69, 9.17) is 4.74 Å². The molecule has 1 fully saturated rings. The van der Waals surface area contributed by atoms with Gasteiger partial charge in [0.2, 0.25) is 0 Å². The Morgan fingerprint density at radius 2 is 1.84 bits per heavy atom. The van der Waals surface area contributed by atoms with Crippen LogP contribution in [0.4, 0.5) is 4.79 Å². The molecule has 0 aromatic heterocycles. The Bertz CT molecular complexity index is 796. The van der Waals surface area contributed by atoms with E-state index in [1.807, 2.05) is 68.4 Å². The van der Waals surface area contributed by atoms with Gasteiger partial charge in [0.15, 0.2) is 0 Å². The molecule has 0 saturated carbocycles. The zero-order valence-electron chi connectivity index (χ0n) is 14.4. The third kappa shape index (κ3) is 3.79. The maximum atomic E-state index is 12.4. The molecule has 128 valence electrons. The minimum atomic E-state index is -0.564. The molecule has 0 aliphatic carbocycles. The zero-order valence-corrected chi connectivity index (χ0v) is 14.4. The van der Waals surface area contributed by atoms with Crippen LogP contribution in [0.15, 0.2) is 60.7 Å². The van der Waals surface area contributed by atoms with Crippen molar-refractivity contribution in [1.29, 1.82) is 0 Å². The van der Waals surface area contributed by atoms with E-state index < -0.39 is 6.09 Å². The lowest BCUT2D eigenvalue weighted by molar-refractivity contribution is -0.124. The fraction of sp³-hybridized carbons (Fsp3) is 0.238. The van der Waals surface area contributed by atoms with Crippen molar-refractivity contribution in [3.63, 3.8) is 0 Å². The summed E-state index contributed by atoms with van der Waals surface area (Å²) < 4.78 is 5.02. The van der Waals surface area contributed by atoms with Gasteiger partial charge in [-0.25, -0.2) is 9.69 Å². The second-order valence-corrected chi connectivity index (χ2v) is 6.42. The van der Waals surface area contributed by atoms with E-state index >= 15 is 0 Å². The molecule has 1 saturated heterocycles. The summed E-state index contributed by atoms with van der Waals surface area (Å²) in [6, 6.07) is 17.8. The zero-order chi connectivity index (χ0) is 17.8. The topological polar surface area (TPSA) is 46.6 Å². The molecular formula is C21H21NO3. The van der Waals surface area contributed by atoms with E-state index in [-0.39, 0.29) is 24.5 Å². The number of rotatable bonds is 4. The first-order valence-electron chi connectivity index (χ1n) is 8.40. The smallest absolute Gasteiger partial charge is 0.417 e. The minimum Gasteiger partial charge on any atom is -0.447 e. The fourth-order valence-electron chi connectivity index (χ4n) is 2.88. The fourth-order valence-corrected chi connectivity index (χ4v) is 2.88. The molecule has 1 heterocycles. The van der Waals surface area contributed by atoms with Gasteiger partial charge in [-0.2, -0.15) is 0 Å². The molecule has 0 N–H and O–H groups in total. The molecule has 2 aromatic carbocycles.